The first-order valence-electron chi connectivity index (χ1n) is 9.11. The molecular weight excluding hydrogens is 306 g/mol. The Morgan fingerprint density at radius 2 is 1.88 bits per heavy atom. The average Bonchev–Trinajstić information content (AvgIpc) is 2.33. The highest BCUT2D eigenvalue weighted by Crippen LogP contribution is 2.31. The zero-order valence-electron chi connectivity index (χ0n) is 15.8. The van der Waals surface area contributed by atoms with Crippen LogP contribution in [0.25, 0.3) is 0 Å². The molecule has 2 rings (SSSR count). The van der Waals surface area contributed by atoms with Crippen LogP contribution in [0.2, 0.25) is 0 Å². The average molecular weight is 339 g/mol. The monoisotopic (exact) mass is 339 g/mol. The topological polar surface area (TPSA) is 61.9 Å². The summed E-state index contributed by atoms with van der Waals surface area (Å²) in [6.45, 7) is 14.0. The Kier molecular flexibility index (Phi) is 6.12. The Balaban J connectivity index is 1.74. The lowest BCUT2D eigenvalue weighted by molar-refractivity contribution is -0.119. The lowest BCUT2D eigenvalue weighted by atomic mass is 9.80. The molecule has 2 aliphatic rings. The van der Waals surface area contributed by atoms with Crippen LogP contribution >= 0.6 is 0 Å². The number of amides is 2. The normalized spacial score (nSPS) is 24.2. The van der Waals surface area contributed by atoms with Crippen molar-refractivity contribution in [2.45, 2.75) is 59.1 Å². The van der Waals surface area contributed by atoms with Gasteiger partial charge in [-0.1, -0.05) is 0 Å². The van der Waals surface area contributed by atoms with E-state index in [1.54, 1.807) is 6.92 Å². The molecule has 1 N–H and O–H groups in total. The molecule has 0 spiro atoms. The van der Waals surface area contributed by atoms with Crippen LogP contribution in [0.5, 0.6) is 0 Å². The molecule has 0 bridgehead atoms. The van der Waals surface area contributed by atoms with Crippen LogP contribution in [0.15, 0.2) is 0 Å². The van der Waals surface area contributed by atoms with Crippen LogP contribution in [0.1, 0.15) is 47.5 Å². The molecule has 2 atom stereocenters. The molecule has 1 unspecified atom stereocenters. The van der Waals surface area contributed by atoms with Crippen molar-refractivity contribution < 1.29 is 14.3 Å². The fourth-order valence-corrected chi connectivity index (χ4v) is 3.71. The van der Waals surface area contributed by atoms with Crippen LogP contribution in [0.4, 0.5) is 4.79 Å². The first-order valence-corrected chi connectivity index (χ1v) is 9.11. The van der Waals surface area contributed by atoms with Crippen LogP contribution in [-0.2, 0) is 9.53 Å². The van der Waals surface area contributed by atoms with E-state index in [4.69, 9.17) is 4.74 Å². The summed E-state index contributed by atoms with van der Waals surface area (Å²) in [4.78, 5) is 27.4. The number of rotatable bonds is 4. The van der Waals surface area contributed by atoms with Gasteiger partial charge in [-0.05, 0) is 58.9 Å². The van der Waals surface area contributed by atoms with Crippen LogP contribution in [0.3, 0.4) is 0 Å². The van der Waals surface area contributed by atoms with Crippen molar-refractivity contribution in [2.75, 3.05) is 32.7 Å². The van der Waals surface area contributed by atoms with Gasteiger partial charge in [-0.15, -0.1) is 0 Å². The van der Waals surface area contributed by atoms with Crippen LogP contribution < -0.4 is 5.32 Å². The second kappa shape index (κ2) is 7.72. The van der Waals surface area contributed by atoms with E-state index >= 15 is 0 Å². The number of hydrogen-bond donors (Lipinski definition) is 1. The third kappa shape index (κ3) is 5.65. The highest BCUT2D eigenvalue weighted by atomic mass is 16.6. The van der Waals surface area contributed by atoms with Crippen molar-refractivity contribution in [1.82, 2.24) is 15.1 Å². The van der Waals surface area contributed by atoms with Gasteiger partial charge in [0, 0.05) is 39.1 Å². The van der Waals surface area contributed by atoms with E-state index in [-0.39, 0.29) is 18.0 Å². The summed E-state index contributed by atoms with van der Waals surface area (Å²) >= 11 is 0. The molecule has 0 saturated carbocycles. The Labute approximate surface area is 145 Å². The fraction of sp³-hybridized carbons (Fsp3) is 0.889. The number of likely N-dealkylation sites (tertiary alicyclic amines) is 2. The maximum absolute atomic E-state index is 12.0. The molecule has 6 nitrogen and oxygen atoms in total. The number of nitrogens with one attached hydrogen (secondary N) is 1. The minimum absolute atomic E-state index is 0.0306. The van der Waals surface area contributed by atoms with Gasteiger partial charge in [-0.25, -0.2) is 4.79 Å². The van der Waals surface area contributed by atoms with Crippen LogP contribution in [0, 0.1) is 11.8 Å². The number of carbonyl (C=O) groups is 2. The molecule has 0 radical (unpaired) electrons. The third-order valence-electron chi connectivity index (χ3n) is 4.75. The van der Waals surface area contributed by atoms with Crippen molar-refractivity contribution in [1.29, 1.82) is 0 Å². The number of carbonyl (C=O) groups excluding carboxylic acids is 2. The van der Waals surface area contributed by atoms with E-state index in [0.29, 0.717) is 11.8 Å². The van der Waals surface area contributed by atoms with E-state index < -0.39 is 5.60 Å². The SMILES string of the molecule is CC(=O)NC(C)CN1CCC[C@H](C2CN(C(=O)OC(C)(C)C)C2)C1. The number of hydrogen-bond acceptors (Lipinski definition) is 4. The van der Waals surface area contributed by atoms with Crippen molar-refractivity contribution >= 4 is 12.0 Å². The highest BCUT2D eigenvalue weighted by molar-refractivity contribution is 5.73. The minimum Gasteiger partial charge on any atom is -0.444 e. The molecule has 0 aliphatic carbocycles. The first kappa shape index (κ1) is 19.0. The van der Waals surface area contributed by atoms with Gasteiger partial charge < -0.3 is 19.9 Å². The molecule has 2 heterocycles. The minimum atomic E-state index is -0.427. The summed E-state index contributed by atoms with van der Waals surface area (Å²) in [7, 11) is 0. The summed E-state index contributed by atoms with van der Waals surface area (Å²) in [5.41, 5.74) is -0.427. The van der Waals surface area contributed by atoms with Crippen molar-refractivity contribution in [2.24, 2.45) is 11.8 Å². The molecule has 2 aliphatic heterocycles. The standard InChI is InChI=1S/C18H33N3O3/c1-13(19-14(2)22)9-20-8-6-7-15(10-20)16-11-21(12-16)17(23)24-18(3,4)5/h13,15-16H,6-12H2,1-5H3,(H,19,22)/t13?,15-/m0/s1. The van der Waals surface area contributed by atoms with E-state index in [2.05, 4.69) is 17.1 Å². The molecule has 2 amide bonds. The van der Waals surface area contributed by atoms with Crippen LogP contribution in [-0.4, -0.2) is 66.2 Å². The second-order valence-electron chi connectivity index (χ2n) is 8.41. The van der Waals surface area contributed by atoms with Gasteiger partial charge in [0.1, 0.15) is 5.60 Å². The fourth-order valence-electron chi connectivity index (χ4n) is 3.71. The predicted molar refractivity (Wildman–Crippen MR) is 93.7 cm³/mol. The summed E-state index contributed by atoms with van der Waals surface area (Å²) in [5, 5.41) is 2.96. The van der Waals surface area contributed by atoms with Gasteiger partial charge in [0.25, 0.3) is 0 Å². The quantitative estimate of drug-likeness (QED) is 0.852. The van der Waals surface area contributed by atoms with Gasteiger partial charge in [0.05, 0.1) is 0 Å². The number of piperidine rings is 1. The molecule has 138 valence electrons. The van der Waals surface area contributed by atoms with E-state index in [9.17, 15) is 9.59 Å². The molecular formula is C18H33N3O3. The molecule has 6 heteroatoms. The summed E-state index contributed by atoms with van der Waals surface area (Å²) in [6.07, 6.45) is 2.24. The molecule has 0 aromatic heterocycles. The summed E-state index contributed by atoms with van der Waals surface area (Å²) < 4.78 is 5.42. The van der Waals surface area contributed by atoms with Crippen molar-refractivity contribution in [3.05, 3.63) is 0 Å². The predicted octanol–water partition coefficient (Wildman–Crippen LogP) is 2.09. The first-order chi connectivity index (χ1) is 11.1. The summed E-state index contributed by atoms with van der Waals surface area (Å²) in [6, 6.07) is 0.181. The van der Waals surface area contributed by atoms with Gasteiger partial charge in [0.15, 0.2) is 0 Å². The Morgan fingerprint density at radius 1 is 1.21 bits per heavy atom. The van der Waals surface area contributed by atoms with Gasteiger partial charge in [0.2, 0.25) is 5.91 Å². The van der Waals surface area contributed by atoms with Gasteiger partial charge in [-0.3, -0.25) is 4.79 Å². The highest BCUT2D eigenvalue weighted by Gasteiger charge is 2.39. The Morgan fingerprint density at radius 3 is 2.46 bits per heavy atom. The van der Waals surface area contributed by atoms with E-state index in [1.807, 2.05) is 25.7 Å². The maximum atomic E-state index is 12.0. The zero-order valence-corrected chi connectivity index (χ0v) is 15.8. The van der Waals surface area contributed by atoms with Crippen molar-refractivity contribution in [3.63, 3.8) is 0 Å². The lowest BCUT2D eigenvalue weighted by Gasteiger charge is -2.46. The summed E-state index contributed by atoms with van der Waals surface area (Å²) in [5.74, 6) is 1.25. The largest absolute Gasteiger partial charge is 0.444 e. The zero-order chi connectivity index (χ0) is 17.9. The molecule has 2 fully saturated rings. The lowest BCUT2D eigenvalue weighted by Crippen LogP contribution is -2.56. The molecule has 0 aromatic carbocycles. The Bertz CT molecular complexity index is 455. The Hall–Kier alpha value is -1.30. The molecule has 2 saturated heterocycles. The van der Waals surface area contributed by atoms with E-state index in [1.165, 1.54) is 12.8 Å². The van der Waals surface area contributed by atoms with Gasteiger partial charge in [-0.2, -0.15) is 0 Å². The molecule has 0 aromatic rings. The second-order valence-corrected chi connectivity index (χ2v) is 8.41. The maximum Gasteiger partial charge on any atom is 0.410 e. The van der Waals surface area contributed by atoms with Crippen molar-refractivity contribution in [3.8, 4) is 0 Å². The van der Waals surface area contributed by atoms with Gasteiger partial charge >= 0.3 is 6.09 Å². The smallest absolute Gasteiger partial charge is 0.410 e. The number of nitrogens with zero attached hydrogens (tertiary/aromatic N) is 2. The van der Waals surface area contributed by atoms with E-state index in [0.717, 1.165) is 32.7 Å². The third-order valence-corrected chi connectivity index (χ3v) is 4.75. The number of ether oxygens (including phenoxy) is 1. The molecule has 24 heavy (non-hydrogen) atoms.